The Kier molecular flexibility index (Phi) is 3.11. The van der Waals surface area contributed by atoms with Crippen LogP contribution in [0.25, 0.3) is 0 Å². The molecule has 74 valence electrons. The zero-order valence-electron chi connectivity index (χ0n) is 7.21. The molecule has 0 aliphatic carbocycles. The van der Waals surface area contributed by atoms with Crippen LogP contribution in [0.3, 0.4) is 0 Å². The normalized spacial score (nSPS) is 13.0. The molecule has 1 unspecified atom stereocenters. The number of nitrogens with one attached hydrogen (secondary N) is 1. The van der Waals surface area contributed by atoms with Crippen molar-refractivity contribution in [3.8, 4) is 0 Å². The number of rotatable bonds is 3. The number of imidazole rings is 1. The molecule has 2 aromatic heterocycles. The summed E-state index contributed by atoms with van der Waals surface area (Å²) in [6.45, 7) is 0. The van der Waals surface area contributed by atoms with Gasteiger partial charge in [0, 0.05) is 23.7 Å². The van der Waals surface area contributed by atoms with Crippen molar-refractivity contribution in [1.82, 2.24) is 9.97 Å². The fraction of sp³-hybridized carbons (Fsp3) is 0.222. The van der Waals surface area contributed by atoms with Gasteiger partial charge in [0.05, 0.1) is 9.71 Å². The number of halogens is 2. The molecule has 0 aliphatic rings. The molecule has 0 amide bonds. The third-order valence-corrected chi connectivity index (χ3v) is 3.69. The van der Waals surface area contributed by atoms with Crippen LogP contribution in [0.15, 0.2) is 24.5 Å². The lowest BCUT2D eigenvalue weighted by Crippen LogP contribution is -1.95. The number of hydrogen-bond donors (Lipinski definition) is 1. The van der Waals surface area contributed by atoms with E-state index in [-0.39, 0.29) is 5.38 Å². The number of aromatic amines is 1. The molecule has 0 saturated carbocycles. The molecule has 2 nitrogen and oxygen atoms in total. The molecule has 1 atom stereocenters. The molecule has 0 saturated heterocycles. The minimum atomic E-state index is -0.0568. The second-order valence-electron chi connectivity index (χ2n) is 2.85. The molecule has 0 aliphatic heterocycles. The zero-order chi connectivity index (χ0) is 9.97. The summed E-state index contributed by atoms with van der Waals surface area (Å²) in [6, 6.07) is 3.81. The van der Waals surface area contributed by atoms with Crippen molar-refractivity contribution < 1.29 is 0 Å². The molecular weight excluding hydrogens is 239 g/mol. The maximum Gasteiger partial charge on any atom is 0.107 e. The summed E-state index contributed by atoms with van der Waals surface area (Å²) < 4.78 is 0.769. The summed E-state index contributed by atoms with van der Waals surface area (Å²) >= 11 is 13.5. The van der Waals surface area contributed by atoms with Crippen LogP contribution >= 0.6 is 34.5 Å². The van der Waals surface area contributed by atoms with Gasteiger partial charge in [0.25, 0.3) is 0 Å². The van der Waals surface area contributed by atoms with Crippen molar-refractivity contribution >= 4 is 34.5 Å². The van der Waals surface area contributed by atoms with Gasteiger partial charge in [-0.1, -0.05) is 11.6 Å². The first-order chi connectivity index (χ1) is 6.75. The number of H-pyrrole nitrogens is 1. The standard InChI is InChI=1S/C9H8Cl2N2S/c10-6(5-9-12-3-4-13-9)7-1-2-8(11)14-7/h1-4,6H,5H2,(H,12,13). The first-order valence-electron chi connectivity index (χ1n) is 4.13. The van der Waals surface area contributed by atoms with Crippen LogP contribution in [0.1, 0.15) is 16.1 Å². The highest BCUT2D eigenvalue weighted by atomic mass is 35.5. The molecule has 0 fully saturated rings. The zero-order valence-corrected chi connectivity index (χ0v) is 9.53. The van der Waals surface area contributed by atoms with Crippen molar-refractivity contribution in [2.45, 2.75) is 11.8 Å². The van der Waals surface area contributed by atoms with Gasteiger partial charge in [-0.25, -0.2) is 4.98 Å². The molecular formula is C9H8Cl2N2S. The molecule has 1 N–H and O–H groups in total. The summed E-state index contributed by atoms with van der Waals surface area (Å²) in [7, 11) is 0. The van der Waals surface area contributed by atoms with Gasteiger partial charge < -0.3 is 4.98 Å². The average Bonchev–Trinajstić information content (AvgIpc) is 2.75. The van der Waals surface area contributed by atoms with Crippen molar-refractivity contribution in [3.63, 3.8) is 0 Å². The van der Waals surface area contributed by atoms with E-state index < -0.39 is 0 Å². The summed E-state index contributed by atoms with van der Waals surface area (Å²) in [5.74, 6) is 0.898. The monoisotopic (exact) mass is 246 g/mol. The topological polar surface area (TPSA) is 28.7 Å². The van der Waals surface area contributed by atoms with E-state index >= 15 is 0 Å². The van der Waals surface area contributed by atoms with E-state index in [1.54, 1.807) is 12.4 Å². The van der Waals surface area contributed by atoms with Crippen LogP contribution in [0.5, 0.6) is 0 Å². The fourth-order valence-corrected chi connectivity index (χ4v) is 2.57. The van der Waals surface area contributed by atoms with Crippen LogP contribution in [-0.2, 0) is 6.42 Å². The molecule has 0 radical (unpaired) electrons. The Hall–Kier alpha value is -0.510. The fourth-order valence-electron chi connectivity index (χ4n) is 1.18. The summed E-state index contributed by atoms with van der Waals surface area (Å²) in [6.07, 6.45) is 4.21. The average molecular weight is 247 g/mol. The van der Waals surface area contributed by atoms with Crippen LogP contribution < -0.4 is 0 Å². The van der Waals surface area contributed by atoms with Gasteiger partial charge in [-0.2, -0.15) is 0 Å². The van der Waals surface area contributed by atoms with Gasteiger partial charge in [0.15, 0.2) is 0 Å². The molecule has 0 spiro atoms. The van der Waals surface area contributed by atoms with E-state index in [9.17, 15) is 0 Å². The molecule has 2 heterocycles. The van der Waals surface area contributed by atoms with Gasteiger partial charge in [0.1, 0.15) is 5.82 Å². The predicted octanol–water partition coefficient (Wildman–Crippen LogP) is 3.65. The Morgan fingerprint density at radius 3 is 2.93 bits per heavy atom. The number of thiophene rings is 1. The first kappa shape index (κ1) is 10.0. The molecule has 2 aromatic rings. The van der Waals surface area contributed by atoms with Gasteiger partial charge in [-0.15, -0.1) is 22.9 Å². The van der Waals surface area contributed by atoms with E-state index in [2.05, 4.69) is 9.97 Å². The van der Waals surface area contributed by atoms with Gasteiger partial charge in [-0.3, -0.25) is 0 Å². The van der Waals surface area contributed by atoms with Crippen LogP contribution in [0.2, 0.25) is 4.34 Å². The first-order valence-corrected chi connectivity index (χ1v) is 5.76. The van der Waals surface area contributed by atoms with Crippen molar-refractivity contribution in [2.24, 2.45) is 0 Å². The van der Waals surface area contributed by atoms with Crippen LogP contribution in [0, 0.1) is 0 Å². The maximum atomic E-state index is 6.20. The predicted molar refractivity (Wildman–Crippen MR) is 60.2 cm³/mol. The third-order valence-electron chi connectivity index (χ3n) is 1.83. The maximum absolute atomic E-state index is 6.20. The minimum absolute atomic E-state index is 0.0568. The largest absolute Gasteiger partial charge is 0.349 e. The third kappa shape index (κ3) is 2.29. The Morgan fingerprint density at radius 1 is 1.50 bits per heavy atom. The molecule has 5 heteroatoms. The van der Waals surface area contributed by atoms with Gasteiger partial charge in [-0.05, 0) is 12.1 Å². The van der Waals surface area contributed by atoms with Crippen LogP contribution in [0.4, 0.5) is 0 Å². The smallest absolute Gasteiger partial charge is 0.107 e. The molecule has 14 heavy (non-hydrogen) atoms. The number of alkyl halides is 1. The summed E-state index contributed by atoms with van der Waals surface area (Å²) in [5, 5.41) is -0.0568. The van der Waals surface area contributed by atoms with E-state index in [4.69, 9.17) is 23.2 Å². The van der Waals surface area contributed by atoms with E-state index in [1.165, 1.54) is 11.3 Å². The molecule has 0 aromatic carbocycles. The highest BCUT2D eigenvalue weighted by molar-refractivity contribution is 7.16. The molecule has 0 bridgehead atoms. The van der Waals surface area contributed by atoms with E-state index in [1.807, 2.05) is 12.1 Å². The van der Waals surface area contributed by atoms with Crippen molar-refractivity contribution in [3.05, 3.63) is 39.6 Å². The minimum Gasteiger partial charge on any atom is -0.349 e. The quantitative estimate of drug-likeness (QED) is 0.824. The summed E-state index contributed by atoms with van der Waals surface area (Å²) in [5.41, 5.74) is 0. The second kappa shape index (κ2) is 4.34. The van der Waals surface area contributed by atoms with E-state index in [0.29, 0.717) is 6.42 Å². The summed E-state index contributed by atoms with van der Waals surface area (Å²) in [4.78, 5) is 8.22. The van der Waals surface area contributed by atoms with Crippen molar-refractivity contribution in [2.75, 3.05) is 0 Å². The lowest BCUT2D eigenvalue weighted by molar-refractivity contribution is 0.868. The Bertz CT molecular complexity index is 397. The van der Waals surface area contributed by atoms with Crippen molar-refractivity contribution in [1.29, 1.82) is 0 Å². The van der Waals surface area contributed by atoms with E-state index in [0.717, 1.165) is 15.0 Å². The highest BCUT2D eigenvalue weighted by Crippen LogP contribution is 2.32. The van der Waals surface area contributed by atoms with Crippen LogP contribution in [-0.4, -0.2) is 9.97 Å². The number of hydrogen-bond acceptors (Lipinski definition) is 2. The van der Waals surface area contributed by atoms with Gasteiger partial charge >= 0.3 is 0 Å². The second-order valence-corrected chi connectivity index (χ2v) is 5.12. The lowest BCUT2D eigenvalue weighted by Gasteiger charge is -2.03. The highest BCUT2D eigenvalue weighted by Gasteiger charge is 2.12. The van der Waals surface area contributed by atoms with Gasteiger partial charge in [0.2, 0.25) is 0 Å². The Balaban J connectivity index is 2.06. The lowest BCUT2D eigenvalue weighted by atomic mass is 10.2. The number of aromatic nitrogens is 2. The number of nitrogens with zero attached hydrogens (tertiary/aromatic N) is 1. The Morgan fingerprint density at radius 2 is 2.36 bits per heavy atom. The Labute approximate surface area is 95.9 Å². The SMILES string of the molecule is Clc1ccc(C(Cl)Cc2ncc[nH]2)s1. The molecule has 2 rings (SSSR count).